The molecule has 0 aliphatic carbocycles. The van der Waals surface area contributed by atoms with Gasteiger partial charge < -0.3 is 5.32 Å². The van der Waals surface area contributed by atoms with Gasteiger partial charge in [0.1, 0.15) is 0 Å². The van der Waals surface area contributed by atoms with Crippen molar-refractivity contribution in [1.29, 1.82) is 0 Å². The third kappa shape index (κ3) is 2.68. The summed E-state index contributed by atoms with van der Waals surface area (Å²) in [5.74, 6) is -0.764. The van der Waals surface area contributed by atoms with Crippen molar-refractivity contribution in [2.75, 3.05) is 17.4 Å². The van der Waals surface area contributed by atoms with E-state index in [4.69, 9.17) is 0 Å². The zero-order chi connectivity index (χ0) is 11.0. The number of hydrogen-bond donors (Lipinski definition) is 1. The molecule has 8 heteroatoms. The number of rotatable bonds is 2. The van der Waals surface area contributed by atoms with Crippen LogP contribution in [0.3, 0.4) is 0 Å². The number of sulfone groups is 2. The fourth-order valence-electron chi connectivity index (χ4n) is 1.22. The highest BCUT2D eigenvalue weighted by Crippen LogP contribution is 2.17. The third-order valence-electron chi connectivity index (χ3n) is 1.87. The van der Waals surface area contributed by atoms with E-state index in [1.807, 2.05) is 0 Å². The van der Waals surface area contributed by atoms with Crippen LogP contribution in [0, 0.1) is 0 Å². The lowest BCUT2D eigenvalue weighted by Crippen LogP contribution is -2.34. The van der Waals surface area contributed by atoms with Gasteiger partial charge in [0.05, 0.1) is 11.0 Å². The zero-order valence-corrected chi connectivity index (χ0v) is 9.19. The highest BCUT2D eigenvalue weighted by atomic mass is 32.3. The van der Waals surface area contributed by atoms with E-state index in [-0.39, 0.29) is 12.5 Å². The van der Waals surface area contributed by atoms with Gasteiger partial charge in [-0.1, -0.05) is 0 Å². The minimum Gasteiger partial charge on any atom is -0.355 e. The number of carbonyl (C=O) groups excluding carboxylic acids is 1. The van der Waals surface area contributed by atoms with Gasteiger partial charge in [-0.3, -0.25) is 4.79 Å². The molecule has 14 heavy (non-hydrogen) atoms. The maximum absolute atomic E-state index is 11.3. The average Bonchev–Trinajstić information content (AvgIpc) is 2.14. The average molecular weight is 241 g/mol. The summed E-state index contributed by atoms with van der Waals surface area (Å²) in [4.78, 5) is 10.5. The predicted octanol–water partition coefficient (Wildman–Crippen LogP) is -1.71. The van der Waals surface area contributed by atoms with E-state index < -0.39 is 35.8 Å². The van der Waals surface area contributed by atoms with E-state index >= 15 is 0 Å². The molecule has 6 nitrogen and oxygen atoms in total. The topological polar surface area (TPSA) is 97.4 Å². The van der Waals surface area contributed by atoms with Crippen LogP contribution in [-0.4, -0.2) is 45.4 Å². The smallest absolute Gasteiger partial charge is 0.216 e. The van der Waals surface area contributed by atoms with Crippen molar-refractivity contribution in [2.45, 2.75) is 12.2 Å². The van der Waals surface area contributed by atoms with Crippen LogP contribution in [0.4, 0.5) is 0 Å². The maximum atomic E-state index is 11.3. The van der Waals surface area contributed by atoms with Crippen LogP contribution < -0.4 is 5.32 Å². The summed E-state index contributed by atoms with van der Waals surface area (Å²) in [5.41, 5.74) is 0. The SMILES string of the molecule is CC(=O)NCC1CS(=O)(=O)CS1(=O)=O. The predicted molar refractivity (Wildman–Crippen MR) is 50.0 cm³/mol. The molecule has 1 unspecified atom stereocenters. The Labute approximate surface area is 82.5 Å². The molecule has 82 valence electrons. The first-order valence-corrected chi connectivity index (χ1v) is 7.43. The van der Waals surface area contributed by atoms with Crippen molar-refractivity contribution in [3.8, 4) is 0 Å². The van der Waals surface area contributed by atoms with Gasteiger partial charge >= 0.3 is 0 Å². The van der Waals surface area contributed by atoms with E-state index in [2.05, 4.69) is 5.32 Å². The lowest BCUT2D eigenvalue weighted by Gasteiger charge is -2.06. The van der Waals surface area contributed by atoms with Crippen molar-refractivity contribution in [1.82, 2.24) is 5.32 Å². The van der Waals surface area contributed by atoms with Crippen LogP contribution >= 0.6 is 0 Å². The summed E-state index contributed by atoms with van der Waals surface area (Å²) in [6, 6.07) is 0. The minimum absolute atomic E-state index is 0.128. The van der Waals surface area contributed by atoms with Gasteiger partial charge in [-0.15, -0.1) is 0 Å². The normalized spacial score (nSPS) is 28.5. The molecule has 0 saturated carbocycles. The molecular weight excluding hydrogens is 230 g/mol. The van der Waals surface area contributed by atoms with E-state index in [1.54, 1.807) is 0 Å². The standard InChI is InChI=1S/C6H11NO5S2/c1-5(8)7-2-6-3-13(9,10)4-14(6,11)12/h6H,2-4H2,1H3,(H,7,8). The van der Waals surface area contributed by atoms with E-state index in [0.29, 0.717) is 0 Å². The Hall–Kier alpha value is -0.630. The molecule has 1 amide bonds. The second-order valence-corrected chi connectivity index (χ2v) is 8.01. The number of carbonyl (C=O) groups is 1. The molecule has 0 aromatic rings. The third-order valence-corrected chi connectivity index (χ3v) is 7.09. The lowest BCUT2D eigenvalue weighted by molar-refractivity contribution is -0.118. The highest BCUT2D eigenvalue weighted by Gasteiger charge is 2.41. The fraction of sp³-hybridized carbons (Fsp3) is 0.833. The Morgan fingerprint density at radius 1 is 1.36 bits per heavy atom. The van der Waals surface area contributed by atoms with Gasteiger partial charge in [-0.05, 0) is 0 Å². The number of amides is 1. The summed E-state index contributed by atoms with van der Waals surface area (Å²) >= 11 is 0. The Bertz CT molecular complexity index is 435. The monoisotopic (exact) mass is 241 g/mol. The van der Waals surface area contributed by atoms with Gasteiger partial charge in [0.2, 0.25) is 5.91 Å². The summed E-state index contributed by atoms with van der Waals surface area (Å²) in [5, 5.41) is 0.508. The van der Waals surface area contributed by atoms with E-state index in [1.165, 1.54) is 6.92 Å². The van der Waals surface area contributed by atoms with Crippen LogP contribution in [0.5, 0.6) is 0 Å². The van der Waals surface area contributed by atoms with E-state index in [0.717, 1.165) is 0 Å². The van der Waals surface area contributed by atoms with Crippen LogP contribution in [0.25, 0.3) is 0 Å². The quantitative estimate of drug-likeness (QED) is 0.621. The minimum atomic E-state index is -3.59. The van der Waals surface area contributed by atoms with Crippen LogP contribution in [0.1, 0.15) is 6.92 Å². The van der Waals surface area contributed by atoms with Gasteiger partial charge in [0, 0.05) is 13.5 Å². The van der Waals surface area contributed by atoms with Crippen molar-refractivity contribution in [2.24, 2.45) is 0 Å². The molecule has 0 aromatic heterocycles. The van der Waals surface area contributed by atoms with Gasteiger partial charge in [-0.25, -0.2) is 16.8 Å². The fourth-order valence-corrected chi connectivity index (χ4v) is 6.85. The molecule has 0 aromatic carbocycles. The number of nitrogens with one attached hydrogen (secondary N) is 1. The molecule has 0 spiro atoms. The Morgan fingerprint density at radius 2 is 1.93 bits per heavy atom. The molecule has 0 radical (unpaired) electrons. The van der Waals surface area contributed by atoms with Crippen molar-refractivity contribution >= 4 is 25.6 Å². The van der Waals surface area contributed by atoms with Crippen molar-refractivity contribution in [3.05, 3.63) is 0 Å². The highest BCUT2D eigenvalue weighted by molar-refractivity contribution is 8.11. The molecule has 1 atom stereocenters. The zero-order valence-electron chi connectivity index (χ0n) is 7.56. The Balaban J connectivity index is 2.77. The molecule has 1 fully saturated rings. The molecule has 1 aliphatic heterocycles. The molecule has 1 saturated heterocycles. The van der Waals surface area contributed by atoms with Crippen molar-refractivity contribution < 1.29 is 21.6 Å². The molecular formula is C6H11NO5S2. The largest absolute Gasteiger partial charge is 0.355 e. The van der Waals surface area contributed by atoms with E-state index in [9.17, 15) is 21.6 Å². The first-order chi connectivity index (χ1) is 6.23. The van der Waals surface area contributed by atoms with Crippen molar-refractivity contribution in [3.63, 3.8) is 0 Å². The van der Waals surface area contributed by atoms with Gasteiger partial charge in [0.25, 0.3) is 0 Å². The summed E-state index contributed by atoms with van der Waals surface area (Å²) in [6.45, 7) is 1.12. The second kappa shape index (κ2) is 3.50. The van der Waals surface area contributed by atoms with Crippen LogP contribution in [0.2, 0.25) is 0 Å². The molecule has 0 bridgehead atoms. The first kappa shape index (κ1) is 11.4. The lowest BCUT2D eigenvalue weighted by atomic mass is 10.4. The van der Waals surface area contributed by atoms with Gasteiger partial charge in [0.15, 0.2) is 24.8 Å². The summed E-state index contributed by atoms with van der Waals surface area (Å²) < 4.78 is 44.5. The Kier molecular flexibility index (Phi) is 2.86. The molecule has 1 heterocycles. The van der Waals surface area contributed by atoms with Crippen LogP contribution in [0.15, 0.2) is 0 Å². The van der Waals surface area contributed by atoms with Crippen LogP contribution in [-0.2, 0) is 24.5 Å². The molecule has 1 aliphatic rings. The molecule has 1 N–H and O–H groups in total. The second-order valence-electron chi connectivity index (χ2n) is 3.25. The summed E-state index contributed by atoms with van der Waals surface area (Å²) in [6.07, 6.45) is 0. The van der Waals surface area contributed by atoms with Gasteiger partial charge in [-0.2, -0.15) is 0 Å². The first-order valence-electron chi connectivity index (χ1n) is 3.89. The maximum Gasteiger partial charge on any atom is 0.216 e. The molecule has 1 rings (SSSR count). The number of hydrogen-bond acceptors (Lipinski definition) is 5. The Morgan fingerprint density at radius 3 is 2.29 bits per heavy atom. The summed E-state index contributed by atoms with van der Waals surface area (Å²) in [7, 11) is -7.08.